The van der Waals surface area contributed by atoms with Gasteiger partial charge < -0.3 is 5.73 Å². The fourth-order valence-electron chi connectivity index (χ4n) is 1.84. The van der Waals surface area contributed by atoms with E-state index in [9.17, 15) is 17.2 Å². The van der Waals surface area contributed by atoms with Crippen molar-refractivity contribution in [1.29, 1.82) is 0 Å². The highest BCUT2D eigenvalue weighted by Crippen LogP contribution is 2.19. The van der Waals surface area contributed by atoms with Crippen LogP contribution in [0, 0.1) is 18.6 Å². The molecule has 0 bridgehead atoms. The second kappa shape index (κ2) is 5.79. The number of sulfonamides is 1. The summed E-state index contributed by atoms with van der Waals surface area (Å²) in [7, 11) is -3.86. The Morgan fingerprint density at radius 3 is 2.57 bits per heavy atom. The maximum Gasteiger partial charge on any atom is 0.241 e. The standard InChI is InChI=1S/C14H14F2N2O2S/c1-9-2-4-12(17)7-14(9)21(19,20)18-8-10-6-11(15)3-5-13(10)16/h2-7,18H,8,17H2,1H3. The van der Waals surface area contributed by atoms with E-state index in [1.165, 1.54) is 6.07 Å². The monoisotopic (exact) mass is 312 g/mol. The van der Waals surface area contributed by atoms with Crippen molar-refractivity contribution in [2.75, 3.05) is 5.73 Å². The first kappa shape index (κ1) is 15.4. The minimum absolute atomic E-state index is 0.0133. The first-order valence-corrected chi connectivity index (χ1v) is 7.57. The van der Waals surface area contributed by atoms with E-state index in [4.69, 9.17) is 5.73 Å². The highest BCUT2D eigenvalue weighted by Gasteiger charge is 2.17. The maximum absolute atomic E-state index is 13.5. The number of nitrogen functional groups attached to an aromatic ring is 1. The molecule has 0 heterocycles. The van der Waals surface area contributed by atoms with Gasteiger partial charge in [0.25, 0.3) is 0 Å². The summed E-state index contributed by atoms with van der Waals surface area (Å²) in [5.41, 5.74) is 6.32. The van der Waals surface area contributed by atoms with Gasteiger partial charge in [-0.1, -0.05) is 6.07 Å². The fraction of sp³-hybridized carbons (Fsp3) is 0.143. The first-order valence-electron chi connectivity index (χ1n) is 6.09. The molecule has 21 heavy (non-hydrogen) atoms. The van der Waals surface area contributed by atoms with E-state index in [2.05, 4.69) is 4.72 Å². The lowest BCUT2D eigenvalue weighted by atomic mass is 10.2. The topological polar surface area (TPSA) is 72.2 Å². The summed E-state index contributed by atoms with van der Waals surface area (Å²) in [5.74, 6) is -1.31. The smallest absolute Gasteiger partial charge is 0.241 e. The van der Waals surface area contributed by atoms with Crippen LogP contribution in [0.2, 0.25) is 0 Å². The normalized spacial score (nSPS) is 11.6. The number of benzene rings is 2. The highest BCUT2D eigenvalue weighted by atomic mass is 32.2. The van der Waals surface area contributed by atoms with Gasteiger partial charge in [0, 0.05) is 17.8 Å². The van der Waals surface area contributed by atoms with Crippen molar-refractivity contribution >= 4 is 15.7 Å². The first-order chi connectivity index (χ1) is 9.79. The predicted molar refractivity (Wildman–Crippen MR) is 76.0 cm³/mol. The van der Waals surface area contributed by atoms with E-state index in [0.717, 1.165) is 18.2 Å². The van der Waals surface area contributed by atoms with Crippen molar-refractivity contribution in [3.63, 3.8) is 0 Å². The van der Waals surface area contributed by atoms with Gasteiger partial charge in [0.1, 0.15) is 11.6 Å². The van der Waals surface area contributed by atoms with E-state index >= 15 is 0 Å². The van der Waals surface area contributed by atoms with Gasteiger partial charge in [-0.05, 0) is 42.8 Å². The van der Waals surface area contributed by atoms with E-state index in [0.29, 0.717) is 11.3 Å². The van der Waals surface area contributed by atoms with Crippen LogP contribution >= 0.6 is 0 Å². The zero-order valence-corrected chi connectivity index (χ0v) is 12.0. The van der Waals surface area contributed by atoms with Crippen LogP contribution in [0.25, 0.3) is 0 Å². The van der Waals surface area contributed by atoms with Gasteiger partial charge in [0.05, 0.1) is 4.90 Å². The maximum atomic E-state index is 13.5. The molecule has 7 heteroatoms. The number of halogens is 2. The molecule has 2 aromatic rings. The number of rotatable bonds is 4. The van der Waals surface area contributed by atoms with Crippen molar-refractivity contribution in [3.05, 3.63) is 59.2 Å². The van der Waals surface area contributed by atoms with Crippen LogP contribution in [0.3, 0.4) is 0 Å². The summed E-state index contributed by atoms with van der Waals surface area (Å²) < 4.78 is 53.1. The van der Waals surface area contributed by atoms with Gasteiger partial charge in [0.15, 0.2) is 0 Å². The SMILES string of the molecule is Cc1ccc(N)cc1S(=O)(=O)NCc1cc(F)ccc1F. The van der Waals surface area contributed by atoms with Gasteiger partial charge >= 0.3 is 0 Å². The van der Waals surface area contributed by atoms with Crippen LogP contribution in [0.15, 0.2) is 41.3 Å². The Kier molecular flexibility index (Phi) is 4.24. The Morgan fingerprint density at radius 2 is 1.86 bits per heavy atom. The van der Waals surface area contributed by atoms with Crippen molar-refractivity contribution in [2.24, 2.45) is 0 Å². The quantitative estimate of drug-likeness (QED) is 0.851. The molecule has 0 amide bonds. The molecule has 2 aromatic carbocycles. The minimum Gasteiger partial charge on any atom is -0.399 e. The summed E-state index contributed by atoms with van der Waals surface area (Å²) in [6, 6.07) is 7.34. The average molecular weight is 312 g/mol. The summed E-state index contributed by atoms with van der Waals surface area (Å²) in [6.45, 7) is 1.27. The lowest BCUT2D eigenvalue weighted by Gasteiger charge is -2.10. The molecule has 0 radical (unpaired) electrons. The third-order valence-corrected chi connectivity index (χ3v) is 4.51. The molecule has 0 fully saturated rings. The largest absolute Gasteiger partial charge is 0.399 e. The molecular formula is C14H14F2N2O2S. The van der Waals surface area contributed by atoms with Crippen LogP contribution in [0.1, 0.15) is 11.1 Å². The minimum atomic E-state index is -3.86. The van der Waals surface area contributed by atoms with Gasteiger partial charge in [-0.15, -0.1) is 0 Å². The van der Waals surface area contributed by atoms with E-state index < -0.39 is 21.7 Å². The number of hydrogen-bond donors (Lipinski definition) is 2. The molecule has 3 N–H and O–H groups in total. The average Bonchev–Trinajstić information content (AvgIpc) is 2.42. The van der Waals surface area contributed by atoms with Crippen LogP contribution in [-0.4, -0.2) is 8.42 Å². The van der Waals surface area contributed by atoms with Gasteiger partial charge in [-0.25, -0.2) is 21.9 Å². The van der Waals surface area contributed by atoms with E-state index in [-0.39, 0.29) is 17.0 Å². The Hall–Kier alpha value is -1.99. The third-order valence-electron chi connectivity index (χ3n) is 2.96. The lowest BCUT2D eigenvalue weighted by molar-refractivity contribution is 0.566. The number of hydrogen-bond acceptors (Lipinski definition) is 3. The molecule has 0 saturated heterocycles. The highest BCUT2D eigenvalue weighted by molar-refractivity contribution is 7.89. The second-order valence-electron chi connectivity index (χ2n) is 4.59. The molecule has 0 unspecified atom stereocenters. The number of nitrogens with two attached hydrogens (primary N) is 1. The van der Waals surface area contributed by atoms with Crippen LogP contribution in [0.4, 0.5) is 14.5 Å². The number of aryl methyl sites for hydroxylation is 1. The third kappa shape index (κ3) is 3.56. The Morgan fingerprint density at radius 1 is 1.14 bits per heavy atom. The molecule has 0 spiro atoms. The van der Waals surface area contributed by atoms with Crippen molar-refractivity contribution in [3.8, 4) is 0 Å². The molecule has 0 aromatic heterocycles. The van der Waals surface area contributed by atoms with Crippen LogP contribution in [0.5, 0.6) is 0 Å². The van der Waals surface area contributed by atoms with Crippen LogP contribution in [-0.2, 0) is 16.6 Å². The number of anilines is 1. The molecule has 4 nitrogen and oxygen atoms in total. The molecule has 0 saturated carbocycles. The van der Waals surface area contributed by atoms with E-state index in [1.54, 1.807) is 19.1 Å². The molecule has 0 aliphatic rings. The molecule has 0 aliphatic heterocycles. The summed E-state index contributed by atoms with van der Waals surface area (Å²) in [6.07, 6.45) is 0. The van der Waals surface area contributed by atoms with Crippen molar-refractivity contribution in [2.45, 2.75) is 18.4 Å². The van der Waals surface area contributed by atoms with Gasteiger partial charge in [0.2, 0.25) is 10.0 Å². The summed E-state index contributed by atoms with van der Waals surface area (Å²) >= 11 is 0. The zero-order valence-electron chi connectivity index (χ0n) is 11.2. The molecule has 2 rings (SSSR count). The fourth-order valence-corrected chi connectivity index (χ4v) is 3.12. The molecule has 112 valence electrons. The Balaban J connectivity index is 2.26. The second-order valence-corrected chi connectivity index (χ2v) is 6.32. The van der Waals surface area contributed by atoms with Crippen LogP contribution < -0.4 is 10.5 Å². The zero-order chi connectivity index (χ0) is 15.6. The Labute approximate surface area is 121 Å². The van der Waals surface area contributed by atoms with Crippen molar-refractivity contribution in [1.82, 2.24) is 4.72 Å². The molecule has 0 atom stereocenters. The molecular weight excluding hydrogens is 298 g/mol. The number of nitrogens with one attached hydrogen (secondary N) is 1. The van der Waals surface area contributed by atoms with Gasteiger partial charge in [-0.3, -0.25) is 0 Å². The summed E-state index contributed by atoms with van der Waals surface area (Å²) in [5, 5.41) is 0. The lowest BCUT2D eigenvalue weighted by Crippen LogP contribution is -2.24. The summed E-state index contributed by atoms with van der Waals surface area (Å²) in [4.78, 5) is 0.0133. The van der Waals surface area contributed by atoms with Gasteiger partial charge in [-0.2, -0.15) is 0 Å². The van der Waals surface area contributed by atoms with Crippen molar-refractivity contribution < 1.29 is 17.2 Å². The van der Waals surface area contributed by atoms with E-state index in [1.807, 2.05) is 0 Å². The predicted octanol–water partition coefficient (Wildman–Crippen LogP) is 2.33. The Bertz CT molecular complexity index is 777. The molecule has 0 aliphatic carbocycles.